The second-order valence-corrected chi connectivity index (χ2v) is 11.1. The molecule has 1 N–H and O–H groups in total. The largest absolute Gasteiger partial charge is 0.416 e. The van der Waals surface area contributed by atoms with Gasteiger partial charge in [-0.1, -0.05) is 54.9 Å². The number of likely N-dealkylation sites (N-methyl/N-ethyl adjacent to an activating group) is 1. The number of nitrogens with one attached hydrogen (secondary N) is 1. The Bertz CT molecular complexity index is 1420. The first-order chi connectivity index (χ1) is 18.9. The van der Waals surface area contributed by atoms with Gasteiger partial charge in [-0.25, -0.2) is 8.42 Å². The second kappa shape index (κ2) is 13.2. The van der Waals surface area contributed by atoms with Crippen molar-refractivity contribution >= 4 is 39.1 Å². The van der Waals surface area contributed by atoms with Crippen LogP contribution in [0.3, 0.4) is 0 Å². The van der Waals surface area contributed by atoms with Gasteiger partial charge in [0, 0.05) is 18.1 Å². The van der Waals surface area contributed by atoms with Crippen LogP contribution in [0.4, 0.5) is 18.9 Å². The van der Waals surface area contributed by atoms with Crippen LogP contribution in [0.1, 0.15) is 31.4 Å². The number of halogens is 4. The van der Waals surface area contributed by atoms with Crippen LogP contribution < -0.4 is 9.62 Å². The molecule has 0 aromatic heterocycles. The first kappa shape index (κ1) is 31.0. The summed E-state index contributed by atoms with van der Waals surface area (Å²) in [6.07, 6.45) is -4.53. The molecule has 1 atom stereocenters. The quantitative estimate of drug-likeness (QED) is 0.317. The number of nitrogens with zero attached hydrogens (tertiary/aromatic N) is 2. The summed E-state index contributed by atoms with van der Waals surface area (Å²) in [6.45, 7) is 2.82. The number of sulfonamides is 1. The number of alkyl halides is 3. The summed E-state index contributed by atoms with van der Waals surface area (Å²) >= 11 is 5.98. The molecule has 2 amide bonds. The van der Waals surface area contributed by atoms with E-state index in [1.807, 2.05) is 0 Å². The number of carbonyl (C=O) groups is 2. The van der Waals surface area contributed by atoms with Gasteiger partial charge in [0.05, 0.1) is 16.1 Å². The monoisotopic (exact) mass is 595 g/mol. The third-order valence-corrected chi connectivity index (χ3v) is 8.11. The van der Waals surface area contributed by atoms with E-state index in [0.29, 0.717) is 27.5 Å². The van der Waals surface area contributed by atoms with E-state index in [1.165, 1.54) is 35.2 Å². The SMILES string of the molecule is CCNC(=O)[C@H](CC)N(Cc1ccc(Cl)cc1)C(=O)CN(c1cccc(C(F)(F)F)c1)S(=O)(=O)c1ccccc1. The highest BCUT2D eigenvalue weighted by Gasteiger charge is 2.35. The third-order valence-electron chi connectivity index (χ3n) is 6.07. The second-order valence-electron chi connectivity index (χ2n) is 8.84. The van der Waals surface area contributed by atoms with E-state index < -0.39 is 46.2 Å². The van der Waals surface area contributed by atoms with Gasteiger partial charge in [0.15, 0.2) is 0 Å². The Morgan fingerprint density at radius 2 is 1.60 bits per heavy atom. The standard InChI is InChI=1S/C28H29ClF3N3O4S/c1-3-25(27(37)33-4-2)34(18-20-13-15-22(29)16-14-20)26(36)19-35(40(38,39)24-11-6-5-7-12-24)23-10-8-9-21(17-23)28(30,31)32/h5-17,25H,3-4,18-19H2,1-2H3,(H,33,37)/t25-/m0/s1. The summed E-state index contributed by atoms with van der Waals surface area (Å²) in [5, 5.41) is 3.14. The van der Waals surface area contributed by atoms with E-state index in [4.69, 9.17) is 11.6 Å². The van der Waals surface area contributed by atoms with E-state index in [1.54, 1.807) is 44.2 Å². The van der Waals surface area contributed by atoms with Crippen LogP contribution in [0.5, 0.6) is 0 Å². The van der Waals surface area contributed by atoms with Gasteiger partial charge >= 0.3 is 6.18 Å². The van der Waals surface area contributed by atoms with Gasteiger partial charge in [-0.15, -0.1) is 0 Å². The molecule has 0 unspecified atom stereocenters. The van der Waals surface area contributed by atoms with Crippen molar-refractivity contribution in [2.75, 3.05) is 17.4 Å². The molecular formula is C28H29ClF3N3O4S. The first-order valence-electron chi connectivity index (χ1n) is 12.4. The van der Waals surface area contributed by atoms with Gasteiger partial charge in [-0.3, -0.25) is 13.9 Å². The third kappa shape index (κ3) is 7.54. The molecule has 0 aliphatic heterocycles. The zero-order chi connectivity index (χ0) is 29.5. The molecule has 7 nitrogen and oxygen atoms in total. The Hall–Kier alpha value is -3.57. The predicted octanol–water partition coefficient (Wildman–Crippen LogP) is 5.50. The molecule has 3 aromatic rings. The number of benzene rings is 3. The predicted molar refractivity (Wildman–Crippen MR) is 147 cm³/mol. The van der Waals surface area contributed by atoms with Crippen molar-refractivity contribution in [2.45, 2.75) is 43.9 Å². The maximum atomic E-state index is 13.9. The van der Waals surface area contributed by atoms with E-state index in [-0.39, 0.29) is 23.5 Å². The minimum atomic E-state index is -4.74. The fourth-order valence-corrected chi connectivity index (χ4v) is 5.64. The number of anilines is 1. The van der Waals surface area contributed by atoms with Crippen molar-refractivity contribution in [2.24, 2.45) is 0 Å². The maximum Gasteiger partial charge on any atom is 0.416 e. The topological polar surface area (TPSA) is 86.8 Å². The van der Waals surface area contributed by atoms with Crippen molar-refractivity contribution < 1.29 is 31.2 Å². The van der Waals surface area contributed by atoms with Crippen LogP contribution in [0.2, 0.25) is 5.02 Å². The number of hydrogen-bond donors (Lipinski definition) is 1. The Morgan fingerprint density at radius 3 is 2.17 bits per heavy atom. The van der Waals surface area contributed by atoms with Crippen molar-refractivity contribution in [3.05, 3.63) is 95.0 Å². The van der Waals surface area contributed by atoms with Crippen molar-refractivity contribution in [3.63, 3.8) is 0 Å². The average Bonchev–Trinajstić information content (AvgIpc) is 2.92. The Balaban J connectivity index is 2.10. The first-order valence-corrected chi connectivity index (χ1v) is 14.3. The Kier molecular flexibility index (Phi) is 10.2. The summed E-state index contributed by atoms with van der Waals surface area (Å²) in [5.41, 5.74) is -0.793. The fraction of sp³-hybridized carbons (Fsp3) is 0.286. The summed E-state index contributed by atoms with van der Waals surface area (Å²) in [7, 11) is -4.49. The molecule has 0 aliphatic rings. The van der Waals surface area contributed by atoms with Crippen LogP contribution in [0.25, 0.3) is 0 Å². The van der Waals surface area contributed by atoms with Gasteiger partial charge in [0.2, 0.25) is 11.8 Å². The normalized spacial score (nSPS) is 12.4. The van der Waals surface area contributed by atoms with Crippen molar-refractivity contribution in [3.8, 4) is 0 Å². The zero-order valence-corrected chi connectivity index (χ0v) is 23.4. The van der Waals surface area contributed by atoms with Crippen LogP contribution in [-0.4, -0.2) is 44.3 Å². The van der Waals surface area contributed by atoms with E-state index >= 15 is 0 Å². The molecule has 0 spiro atoms. The van der Waals surface area contributed by atoms with Crippen LogP contribution in [0.15, 0.2) is 83.8 Å². The maximum absolute atomic E-state index is 13.9. The highest BCUT2D eigenvalue weighted by molar-refractivity contribution is 7.92. The molecule has 0 aliphatic carbocycles. The summed E-state index contributed by atoms with van der Waals surface area (Å²) in [4.78, 5) is 27.8. The van der Waals surface area contributed by atoms with E-state index in [0.717, 1.165) is 12.1 Å². The average molecular weight is 596 g/mol. The lowest BCUT2D eigenvalue weighted by molar-refractivity contribution is -0.140. The minimum absolute atomic E-state index is 0.0620. The minimum Gasteiger partial charge on any atom is -0.355 e. The number of rotatable bonds is 11. The molecule has 0 saturated heterocycles. The molecular weight excluding hydrogens is 567 g/mol. The molecule has 0 saturated carbocycles. The van der Waals surface area contributed by atoms with Gasteiger partial charge in [-0.05, 0) is 61.4 Å². The molecule has 0 heterocycles. The lowest BCUT2D eigenvalue weighted by atomic mass is 10.1. The van der Waals surface area contributed by atoms with Gasteiger partial charge in [0.25, 0.3) is 10.0 Å². The zero-order valence-electron chi connectivity index (χ0n) is 21.9. The molecule has 12 heteroatoms. The van der Waals surface area contributed by atoms with E-state index in [9.17, 15) is 31.2 Å². The Labute approximate surface area is 236 Å². The molecule has 3 aromatic carbocycles. The molecule has 40 heavy (non-hydrogen) atoms. The number of amides is 2. The summed E-state index contributed by atoms with van der Waals surface area (Å²) in [6, 6.07) is 16.4. The summed E-state index contributed by atoms with van der Waals surface area (Å²) in [5.74, 6) is -1.21. The van der Waals surface area contributed by atoms with Gasteiger partial charge < -0.3 is 10.2 Å². The van der Waals surface area contributed by atoms with Crippen LogP contribution >= 0.6 is 11.6 Å². The number of hydrogen-bond acceptors (Lipinski definition) is 4. The van der Waals surface area contributed by atoms with Crippen LogP contribution in [-0.2, 0) is 32.3 Å². The van der Waals surface area contributed by atoms with Crippen molar-refractivity contribution in [1.29, 1.82) is 0 Å². The smallest absolute Gasteiger partial charge is 0.355 e. The number of carbonyl (C=O) groups excluding carboxylic acids is 2. The molecule has 0 bridgehead atoms. The van der Waals surface area contributed by atoms with Gasteiger partial charge in [0.1, 0.15) is 12.6 Å². The van der Waals surface area contributed by atoms with E-state index in [2.05, 4.69) is 5.32 Å². The molecule has 0 fully saturated rings. The molecule has 3 rings (SSSR count). The highest BCUT2D eigenvalue weighted by Crippen LogP contribution is 2.33. The Morgan fingerprint density at radius 1 is 0.950 bits per heavy atom. The highest BCUT2D eigenvalue weighted by atomic mass is 35.5. The van der Waals surface area contributed by atoms with Crippen molar-refractivity contribution in [1.82, 2.24) is 10.2 Å². The molecule has 214 valence electrons. The fourth-order valence-electron chi connectivity index (χ4n) is 4.08. The van der Waals surface area contributed by atoms with Gasteiger partial charge in [-0.2, -0.15) is 13.2 Å². The summed E-state index contributed by atoms with van der Waals surface area (Å²) < 4.78 is 68.6. The lowest BCUT2D eigenvalue weighted by Crippen LogP contribution is -2.52. The molecule has 0 radical (unpaired) electrons. The van der Waals surface area contributed by atoms with Crippen LogP contribution in [0, 0.1) is 0 Å². The lowest BCUT2D eigenvalue weighted by Gasteiger charge is -2.33.